The smallest absolute Gasteiger partial charge is 0.337 e. The predicted molar refractivity (Wildman–Crippen MR) is 80.9 cm³/mol. The van der Waals surface area contributed by atoms with Crippen molar-refractivity contribution in [1.29, 1.82) is 0 Å². The van der Waals surface area contributed by atoms with Crippen LogP contribution in [0.3, 0.4) is 0 Å². The van der Waals surface area contributed by atoms with Gasteiger partial charge in [0.1, 0.15) is 5.82 Å². The minimum absolute atomic E-state index is 0.0759. The first-order chi connectivity index (χ1) is 10.2. The molecule has 22 heavy (non-hydrogen) atoms. The fraction of sp³-hybridized carbons (Fsp3) is 0.133. The molecule has 0 atom stereocenters. The lowest BCUT2D eigenvalue weighted by atomic mass is 10.1. The number of carbonyl (C=O) groups is 1. The largest absolute Gasteiger partial charge is 0.478 e. The van der Waals surface area contributed by atoms with Crippen LogP contribution in [0.5, 0.6) is 0 Å². The van der Waals surface area contributed by atoms with E-state index >= 15 is 0 Å². The Morgan fingerprint density at radius 1 is 1.14 bits per heavy atom. The van der Waals surface area contributed by atoms with E-state index in [2.05, 4.69) is 5.32 Å². The summed E-state index contributed by atoms with van der Waals surface area (Å²) in [5.74, 6) is -1.76. The number of sulfone groups is 1. The highest BCUT2D eigenvalue weighted by Gasteiger charge is 2.13. The minimum atomic E-state index is -3.33. The van der Waals surface area contributed by atoms with Gasteiger partial charge in [0, 0.05) is 11.9 Å². The quantitative estimate of drug-likeness (QED) is 0.904. The first kappa shape index (κ1) is 16.0. The van der Waals surface area contributed by atoms with Crippen molar-refractivity contribution < 1.29 is 22.7 Å². The van der Waals surface area contributed by atoms with Crippen molar-refractivity contribution in [3.05, 3.63) is 53.3 Å². The van der Waals surface area contributed by atoms with Gasteiger partial charge in [-0.2, -0.15) is 0 Å². The number of benzene rings is 2. The van der Waals surface area contributed by atoms with Gasteiger partial charge in [-0.15, -0.1) is 0 Å². The van der Waals surface area contributed by atoms with E-state index in [0.29, 0.717) is 11.3 Å². The van der Waals surface area contributed by atoms with Crippen LogP contribution >= 0.6 is 0 Å². The molecular weight excluding hydrogens is 309 g/mol. The third kappa shape index (κ3) is 3.43. The molecule has 0 aliphatic carbocycles. The molecule has 7 heteroatoms. The van der Waals surface area contributed by atoms with Crippen molar-refractivity contribution >= 4 is 27.2 Å². The van der Waals surface area contributed by atoms with Crippen LogP contribution in [0.25, 0.3) is 0 Å². The van der Waals surface area contributed by atoms with Crippen LogP contribution in [0.15, 0.2) is 41.3 Å². The van der Waals surface area contributed by atoms with Gasteiger partial charge in [-0.05, 0) is 48.9 Å². The average molecular weight is 323 g/mol. The number of nitrogens with one attached hydrogen (secondary N) is 1. The molecule has 2 N–H and O–H groups in total. The topological polar surface area (TPSA) is 83.5 Å². The summed E-state index contributed by atoms with van der Waals surface area (Å²) in [5, 5.41) is 11.9. The van der Waals surface area contributed by atoms with Gasteiger partial charge in [-0.25, -0.2) is 17.6 Å². The Kier molecular flexibility index (Phi) is 4.18. The van der Waals surface area contributed by atoms with E-state index in [1.165, 1.54) is 24.3 Å². The zero-order valence-corrected chi connectivity index (χ0v) is 12.7. The van der Waals surface area contributed by atoms with Gasteiger partial charge in [0.2, 0.25) is 0 Å². The lowest BCUT2D eigenvalue weighted by Gasteiger charge is -2.13. The highest BCUT2D eigenvalue weighted by atomic mass is 32.2. The SMILES string of the molecule is Cc1cc(S(C)(=O)=O)ccc1Nc1cc(F)ccc1C(=O)O. The molecule has 0 fully saturated rings. The van der Waals surface area contributed by atoms with Gasteiger partial charge >= 0.3 is 5.97 Å². The van der Waals surface area contributed by atoms with Crippen LogP contribution in [-0.2, 0) is 9.84 Å². The van der Waals surface area contributed by atoms with Crippen LogP contribution in [0, 0.1) is 12.7 Å². The summed E-state index contributed by atoms with van der Waals surface area (Å²) >= 11 is 0. The van der Waals surface area contributed by atoms with Gasteiger partial charge in [0.25, 0.3) is 0 Å². The molecule has 0 radical (unpaired) electrons. The van der Waals surface area contributed by atoms with E-state index in [1.807, 2.05) is 0 Å². The summed E-state index contributed by atoms with van der Waals surface area (Å²) in [6.07, 6.45) is 1.10. The van der Waals surface area contributed by atoms with E-state index in [9.17, 15) is 17.6 Å². The molecule has 0 spiro atoms. The summed E-state index contributed by atoms with van der Waals surface area (Å²) in [4.78, 5) is 11.3. The van der Waals surface area contributed by atoms with Gasteiger partial charge in [-0.3, -0.25) is 0 Å². The summed E-state index contributed by atoms with van der Waals surface area (Å²) in [6, 6.07) is 7.70. The molecule has 0 bridgehead atoms. The normalized spacial score (nSPS) is 11.2. The van der Waals surface area contributed by atoms with Crippen molar-refractivity contribution in [2.24, 2.45) is 0 Å². The molecule has 5 nitrogen and oxygen atoms in total. The van der Waals surface area contributed by atoms with Crippen molar-refractivity contribution in [2.45, 2.75) is 11.8 Å². The molecule has 0 aliphatic rings. The summed E-state index contributed by atoms with van der Waals surface area (Å²) in [5.41, 5.74) is 1.12. The molecule has 116 valence electrons. The second-order valence-electron chi connectivity index (χ2n) is 4.87. The fourth-order valence-corrected chi connectivity index (χ4v) is 2.66. The molecule has 0 aromatic heterocycles. The van der Waals surface area contributed by atoms with Gasteiger partial charge in [0.15, 0.2) is 9.84 Å². The third-order valence-electron chi connectivity index (χ3n) is 3.11. The molecule has 0 amide bonds. The standard InChI is InChI=1S/C15H14FNO4S/c1-9-7-11(22(2,20)21)4-6-13(9)17-14-8-10(16)3-5-12(14)15(18)19/h3-8,17H,1-2H3,(H,18,19). The lowest BCUT2D eigenvalue weighted by Crippen LogP contribution is -2.05. The van der Waals surface area contributed by atoms with Crippen molar-refractivity contribution in [2.75, 3.05) is 11.6 Å². The van der Waals surface area contributed by atoms with Crippen LogP contribution in [0.4, 0.5) is 15.8 Å². The molecular formula is C15H14FNO4S. The van der Waals surface area contributed by atoms with E-state index < -0.39 is 21.6 Å². The maximum atomic E-state index is 13.3. The Balaban J connectivity index is 2.44. The zero-order chi connectivity index (χ0) is 16.5. The summed E-state index contributed by atoms with van der Waals surface area (Å²) < 4.78 is 36.3. The Morgan fingerprint density at radius 2 is 1.82 bits per heavy atom. The highest BCUT2D eigenvalue weighted by molar-refractivity contribution is 7.90. The number of aryl methyl sites for hydroxylation is 1. The third-order valence-corrected chi connectivity index (χ3v) is 4.22. The number of rotatable bonds is 4. The van der Waals surface area contributed by atoms with Crippen molar-refractivity contribution in [3.8, 4) is 0 Å². The van der Waals surface area contributed by atoms with Crippen LogP contribution in [0.2, 0.25) is 0 Å². The average Bonchev–Trinajstić information content (AvgIpc) is 2.39. The van der Waals surface area contributed by atoms with Gasteiger partial charge in [-0.1, -0.05) is 0 Å². The van der Waals surface area contributed by atoms with Crippen molar-refractivity contribution in [3.63, 3.8) is 0 Å². The Labute approximate surface area is 127 Å². The lowest BCUT2D eigenvalue weighted by molar-refractivity contribution is 0.0698. The van der Waals surface area contributed by atoms with Crippen LogP contribution in [-0.4, -0.2) is 25.7 Å². The number of hydrogen-bond donors (Lipinski definition) is 2. The Hall–Kier alpha value is -2.41. The van der Waals surface area contributed by atoms with Crippen LogP contribution < -0.4 is 5.32 Å². The zero-order valence-electron chi connectivity index (χ0n) is 11.9. The van der Waals surface area contributed by atoms with Crippen LogP contribution in [0.1, 0.15) is 15.9 Å². The molecule has 0 heterocycles. The number of carboxylic acid groups (broad SMARTS) is 1. The minimum Gasteiger partial charge on any atom is -0.478 e. The predicted octanol–water partition coefficient (Wildman–Crippen LogP) is 2.98. The molecule has 2 aromatic carbocycles. The highest BCUT2D eigenvalue weighted by Crippen LogP contribution is 2.26. The second-order valence-corrected chi connectivity index (χ2v) is 6.88. The van der Waals surface area contributed by atoms with E-state index in [1.54, 1.807) is 6.92 Å². The summed E-state index contributed by atoms with van der Waals surface area (Å²) in [7, 11) is -3.33. The fourth-order valence-electron chi connectivity index (χ4n) is 1.96. The number of hydrogen-bond acceptors (Lipinski definition) is 4. The Morgan fingerprint density at radius 3 is 2.36 bits per heavy atom. The van der Waals surface area contributed by atoms with E-state index in [0.717, 1.165) is 18.4 Å². The van der Waals surface area contributed by atoms with E-state index in [4.69, 9.17) is 5.11 Å². The second kappa shape index (κ2) is 5.76. The number of aromatic carboxylic acids is 1. The van der Waals surface area contributed by atoms with E-state index in [-0.39, 0.29) is 16.1 Å². The molecule has 0 unspecified atom stereocenters. The maximum absolute atomic E-state index is 13.3. The first-order valence-electron chi connectivity index (χ1n) is 6.29. The number of anilines is 2. The Bertz CT molecular complexity index is 847. The molecule has 0 aliphatic heterocycles. The monoisotopic (exact) mass is 323 g/mol. The number of carboxylic acids is 1. The summed E-state index contributed by atoms with van der Waals surface area (Å²) in [6.45, 7) is 1.68. The molecule has 0 saturated carbocycles. The molecule has 2 aromatic rings. The molecule has 2 rings (SSSR count). The maximum Gasteiger partial charge on any atom is 0.337 e. The molecule has 0 saturated heterocycles. The number of halogens is 1. The first-order valence-corrected chi connectivity index (χ1v) is 8.18. The van der Waals surface area contributed by atoms with Gasteiger partial charge in [0.05, 0.1) is 16.1 Å². The van der Waals surface area contributed by atoms with Crippen molar-refractivity contribution in [1.82, 2.24) is 0 Å². The van der Waals surface area contributed by atoms with Gasteiger partial charge < -0.3 is 10.4 Å².